The molecule has 0 bridgehead atoms. The molecule has 0 unspecified atom stereocenters. The number of fused-ring (bicyclic) bond motifs is 1. The van der Waals surface area contributed by atoms with Crippen LogP contribution >= 0.6 is 0 Å². The second kappa shape index (κ2) is 3.61. The molecule has 4 nitrogen and oxygen atoms in total. The zero-order valence-corrected chi connectivity index (χ0v) is 10.8. The van der Waals surface area contributed by atoms with Crippen molar-refractivity contribution >= 4 is 5.65 Å². The molecule has 2 heterocycles. The lowest BCUT2D eigenvalue weighted by molar-refractivity contribution is 0.550. The lowest BCUT2D eigenvalue weighted by Crippen LogP contribution is -2.14. The van der Waals surface area contributed by atoms with Gasteiger partial charge in [-0.2, -0.15) is 4.63 Å². The highest BCUT2D eigenvalue weighted by Crippen LogP contribution is 2.27. The lowest BCUT2D eigenvalue weighted by atomic mass is 9.88. The Kier molecular flexibility index (Phi) is 2.52. The summed E-state index contributed by atoms with van der Waals surface area (Å²) in [6, 6.07) is 0. The van der Waals surface area contributed by atoms with Crippen LogP contribution in [0.2, 0.25) is 0 Å². The summed E-state index contributed by atoms with van der Waals surface area (Å²) >= 11 is 0. The highest BCUT2D eigenvalue weighted by atomic mass is 15.5. The number of aryl methyl sites for hydroxylation is 2. The van der Waals surface area contributed by atoms with Gasteiger partial charge in [0, 0.05) is 16.7 Å². The molecular weight excluding hydrogens is 200 g/mol. The molecule has 88 valence electrons. The predicted octanol–water partition coefficient (Wildman–Crippen LogP) is 2.62. The number of nitrogens with zero attached hydrogens (tertiary/aromatic N) is 3. The van der Waals surface area contributed by atoms with Gasteiger partial charge in [-0.1, -0.05) is 34.1 Å². The van der Waals surface area contributed by atoms with Crippen LogP contribution in [0.5, 0.6) is 0 Å². The Bertz CT molecular complexity index is 499. The Labute approximate surface area is 96.1 Å². The van der Waals surface area contributed by atoms with E-state index in [0.29, 0.717) is 0 Å². The average molecular weight is 220 g/mol. The Morgan fingerprint density at radius 2 is 2.00 bits per heavy atom. The van der Waals surface area contributed by atoms with E-state index in [4.69, 9.17) is 0 Å². The zero-order chi connectivity index (χ0) is 11.9. The summed E-state index contributed by atoms with van der Waals surface area (Å²) in [6.07, 6.45) is 2.18. The second-order valence-electron chi connectivity index (χ2n) is 5.36. The summed E-state index contributed by atoms with van der Waals surface area (Å²) in [4.78, 5) is 4.49. The first-order chi connectivity index (χ1) is 7.43. The second-order valence-corrected chi connectivity index (χ2v) is 5.36. The molecule has 2 aromatic rings. The molecule has 0 aliphatic rings. The van der Waals surface area contributed by atoms with E-state index >= 15 is 0 Å². The minimum absolute atomic E-state index is 0.112. The molecule has 0 aromatic carbocycles. The molecule has 16 heavy (non-hydrogen) atoms. The number of nitrogens with one attached hydrogen (secondary N) is 1. The van der Waals surface area contributed by atoms with Crippen LogP contribution in [-0.4, -0.2) is 19.8 Å². The first-order valence-corrected chi connectivity index (χ1v) is 5.88. The van der Waals surface area contributed by atoms with Crippen molar-refractivity contribution in [3.8, 4) is 0 Å². The molecule has 0 saturated carbocycles. The molecular formula is C12H20N4. The topological polar surface area (TPSA) is 46.0 Å². The van der Waals surface area contributed by atoms with Crippen LogP contribution < -0.4 is 0 Å². The minimum Gasteiger partial charge on any atom is -0.280 e. The smallest absolute Gasteiger partial charge is 0.178 e. The fourth-order valence-corrected chi connectivity index (χ4v) is 2.08. The monoisotopic (exact) mass is 220 g/mol. The van der Waals surface area contributed by atoms with Crippen molar-refractivity contribution < 1.29 is 0 Å². The molecule has 4 heteroatoms. The standard InChI is InChI=1S/C12H20N4/c1-6-7-9-10(12(3,4)5)15-16-11(9)13-8(2)14-16/h15H,6-7H2,1-5H3. The van der Waals surface area contributed by atoms with Crippen molar-refractivity contribution in [3.05, 3.63) is 17.1 Å². The third kappa shape index (κ3) is 1.72. The summed E-state index contributed by atoms with van der Waals surface area (Å²) in [6.45, 7) is 10.8. The summed E-state index contributed by atoms with van der Waals surface area (Å²) in [5.41, 5.74) is 3.67. The van der Waals surface area contributed by atoms with E-state index < -0.39 is 0 Å². The fraction of sp³-hybridized carbons (Fsp3) is 0.667. The third-order valence-electron chi connectivity index (χ3n) is 2.75. The maximum atomic E-state index is 4.49. The van der Waals surface area contributed by atoms with Gasteiger partial charge in [0.2, 0.25) is 0 Å². The van der Waals surface area contributed by atoms with Crippen LogP contribution in [-0.2, 0) is 11.8 Å². The van der Waals surface area contributed by atoms with Crippen LogP contribution in [0.1, 0.15) is 51.2 Å². The molecule has 0 saturated heterocycles. The Hall–Kier alpha value is -1.32. The Morgan fingerprint density at radius 1 is 1.31 bits per heavy atom. The van der Waals surface area contributed by atoms with Crippen molar-refractivity contribution in [2.75, 3.05) is 0 Å². The van der Waals surface area contributed by atoms with Crippen molar-refractivity contribution in [1.29, 1.82) is 0 Å². The van der Waals surface area contributed by atoms with Crippen LogP contribution in [0, 0.1) is 6.92 Å². The largest absolute Gasteiger partial charge is 0.280 e. The SMILES string of the molecule is CCCc1c(C(C)(C)C)[nH]n2nc(C)nc12. The molecule has 0 aliphatic carbocycles. The summed E-state index contributed by atoms with van der Waals surface area (Å²) < 4.78 is 1.81. The Balaban J connectivity index is 2.64. The van der Waals surface area contributed by atoms with Crippen molar-refractivity contribution in [1.82, 2.24) is 19.8 Å². The highest BCUT2D eigenvalue weighted by molar-refractivity contribution is 5.51. The van der Waals surface area contributed by atoms with Gasteiger partial charge in [-0.15, -0.1) is 5.10 Å². The number of hydrogen-bond acceptors (Lipinski definition) is 2. The maximum absolute atomic E-state index is 4.49. The van der Waals surface area contributed by atoms with E-state index in [1.165, 1.54) is 11.3 Å². The van der Waals surface area contributed by atoms with E-state index in [2.05, 4.69) is 42.9 Å². The van der Waals surface area contributed by atoms with Gasteiger partial charge in [0.15, 0.2) is 5.65 Å². The van der Waals surface area contributed by atoms with Gasteiger partial charge in [0.05, 0.1) is 0 Å². The number of aromatic amines is 1. The molecule has 2 rings (SSSR count). The average Bonchev–Trinajstić information content (AvgIpc) is 2.63. The fourth-order valence-electron chi connectivity index (χ4n) is 2.08. The molecule has 1 N–H and O–H groups in total. The molecule has 0 amide bonds. The summed E-state index contributed by atoms with van der Waals surface area (Å²) in [7, 11) is 0. The highest BCUT2D eigenvalue weighted by Gasteiger charge is 2.23. The zero-order valence-electron chi connectivity index (χ0n) is 10.8. The van der Waals surface area contributed by atoms with Crippen molar-refractivity contribution in [2.24, 2.45) is 0 Å². The number of aromatic nitrogens is 4. The van der Waals surface area contributed by atoms with Gasteiger partial charge in [-0.25, -0.2) is 4.98 Å². The number of hydrogen-bond donors (Lipinski definition) is 1. The molecule has 0 spiro atoms. The van der Waals surface area contributed by atoms with Gasteiger partial charge in [-0.05, 0) is 13.3 Å². The van der Waals surface area contributed by atoms with Gasteiger partial charge in [0.1, 0.15) is 5.82 Å². The molecule has 0 atom stereocenters. The van der Waals surface area contributed by atoms with E-state index in [0.717, 1.165) is 24.3 Å². The quantitative estimate of drug-likeness (QED) is 0.845. The van der Waals surface area contributed by atoms with Crippen LogP contribution in [0.3, 0.4) is 0 Å². The van der Waals surface area contributed by atoms with E-state index in [1.807, 2.05) is 6.92 Å². The normalized spacial score (nSPS) is 12.6. The van der Waals surface area contributed by atoms with E-state index in [9.17, 15) is 0 Å². The van der Waals surface area contributed by atoms with Crippen LogP contribution in [0.15, 0.2) is 0 Å². The molecule has 2 aromatic heterocycles. The van der Waals surface area contributed by atoms with Crippen molar-refractivity contribution in [2.45, 2.75) is 52.9 Å². The molecule has 0 aliphatic heterocycles. The number of rotatable bonds is 2. The Morgan fingerprint density at radius 3 is 2.56 bits per heavy atom. The summed E-state index contributed by atoms with van der Waals surface area (Å²) in [5, 5.41) is 7.69. The third-order valence-corrected chi connectivity index (χ3v) is 2.75. The van der Waals surface area contributed by atoms with Gasteiger partial charge < -0.3 is 0 Å². The summed E-state index contributed by atoms with van der Waals surface area (Å²) in [5.74, 6) is 0.823. The maximum Gasteiger partial charge on any atom is 0.178 e. The first-order valence-electron chi connectivity index (χ1n) is 5.88. The van der Waals surface area contributed by atoms with Crippen molar-refractivity contribution in [3.63, 3.8) is 0 Å². The lowest BCUT2D eigenvalue weighted by Gasteiger charge is -2.18. The molecule has 0 radical (unpaired) electrons. The minimum atomic E-state index is 0.112. The molecule has 0 fully saturated rings. The van der Waals surface area contributed by atoms with Gasteiger partial charge in [-0.3, -0.25) is 5.10 Å². The van der Waals surface area contributed by atoms with Gasteiger partial charge in [0.25, 0.3) is 0 Å². The van der Waals surface area contributed by atoms with Crippen LogP contribution in [0.4, 0.5) is 0 Å². The predicted molar refractivity (Wildman–Crippen MR) is 64.8 cm³/mol. The van der Waals surface area contributed by atoms with E-state index in [-0.39, 0.29) is 5.41 Å². The van der Waals surface area contributed by atoms with E-state index in [1.54, 1.807) is 4.63 Å². The van der Waals surface area contributed by atoms with Gasteiger partial charge >= 0.3 is 0 Å². The first kappa shape index (κ1) is 11.2. The van der Waals surface area contributed by atoms with Crippen LogP contribution in [0.25, 0.3) is 5.65 Å². The number of H-pyrrole nitrogens is 1.